The van der Waals surface area contributed by atoms with Crippen LogP contribution in [0, 0.1) is 0 Å². The molecule has 0 radical (unpaired) electrons. The third-order valence-electron chi connectivity index (χ3n) is 3.55. The zero-order valence-electron chi connectivity index (χ0n) is 12.3. The molecule has 1 aromatic rings. The molecule has 0 aliphatic heterocycles. The Hall–Kier alpha value is 0.0700. The highest BCUT2D eigenvalue weighted by molar-refractivity contribution is 7.98. The summed E-state index contributed by atoms with van der Waals surface area (Å²) in [6.45, 7) is 3.03. The molecule has 1 rings (SSSR count). The van der Waals surface area contributed by atoms with Gasteiger partial charge in [-0.1, -0.05) is 42.3 Å². The third kappa shape index (κ3) is 5.12. The number of rotatable bonds is 8. The minimum atomic E-state index is -0.574. The van der Waals surface area contributed by atoms with E-state index in [4.69, 9.17) is 23.2 Å². The lowest BCUT2D eigenvalue weighted by Gasteiger charge is -2.27. The smallest absolute Gasteiger partial charge is 0.0817 e. The first kappa shape index (κ1) is 18.1. The van der Waals surface area contributed by atoms with E-state index < -0.39 is 6.10 Å². The van der Waals surface area contributed by atoms with Crippen LogP contribution < -0.4 is 0 Å². The maximum atomic E-state index is 10.3. The van der Waals surface area contributed by atoms with Crippen LogP contribution in [-0.4, -0.2) is 41.6 Å². The van der Waals surface area contributed by atoms with Crippen LogP contribution >= 0.6 is 35.0 Å². The second-order valence-corrected chi connectivity index (χ2v) is 6.64. The van der Waals surface area contributed by atoms with Gasteiger partial charge in [0.25, 0.3) is 0 Å². The van der Waals surface area contributed by atoms with Gasteiger partial charge in [0.2, 0.25) is 0 Å². The molecule has 2 atom stereocenters. The van der Waals surface area contributed by atoms with Crippen LogP contribution in [0.4, 0.5) is 0 Å². The Labute approximate surface area is 136 Å². The van der Waals surface area contributed by atoms with Crippen molar-refractivity contribution >= 4 is 35.0 Å². The summed E-state index contributed by atoms with van der Waals surface area (Å²) in [5, 5.41) is 11.2. The maximum Gasteiger partial charge on any atom is 0.0817 e. The van der Waals surface area contributed by atoms with Crippen LogP contribution in [0.2, 0.25) is 10.0 Å². The quantitative estimate of drug-likeness (QED) is 0.757. The Morgan fingerprint density at radius 3 is 2.65 bits per heavy atom. The number of halogens is 2. The summed E-state index contributed by atoms with van der Waals surface area (Å²) in [4.78, 5) is 2.30. The monoisotopic (exact) mass is 335 g/mol. The molecule has 114 valence electrons. The van der Waals surface area contributed by atoms with Crippen molar-refractivity contribution in [3.63, 3.8) is 0 Å². The van der Waals surface area contributed by atoms with Gasteiger partial charge in [0.05, 0.1) is 16.1 Å². The lowest BCUT2D eigenvalue weighted by molar-refractivity contribution is 0.139. The molecule has 2 nitrogen and oxygen atoms in total. The Bertz CT molecular complexity index is 417. The van der Waals surface area contributed by atoms with Crippen LogP contribution in [0.15, 0.2) is 18.2 Å². The Morgan fingerprint density at radius 1 is 1.35 bits per heavy atom. The van der Waals surface area contributed by atoms with E-state index in [0.29, 0.717) is 28.1 Å². The number of thioether (sulfide) groups is 1. The van der Waals surface area contributed by atoms with Gasteiger partial charge in [-0.05, 0) is 32.2 Å². The average molecular weight is 336 g/mol. The van der Waals surface area contributed by atoms with Gasteiger partial charge >= 0.3 is 0 Å². The van der Waals surface area contributed by atoms with Crippen LogP contribution in [0.1, 0.15) is 31.4 Å². The summed E-state index contributed by atoms with van der Waals surface area (Å²) < 4.78 is 0. The van der Waals surface area contributed by atoms with E-state index in [1.54, 1.807) is 6.07 Å². The van der Waals surface area contributed by atoms with Crippen molar-refractivity contribution in [2.75, 3.05) is 25.6 Å². The van der Waals surface area contributed by atoms with Crippen molar-refractivity contribution in [2.24, 2.45) is 0 Å². The predicted octanol–water partition coefficient (Wildman–Crippen LogP) is 4.49. The summed E-state index contributed by atoms with van der Waals surface area (Å²) in [6, 6.07) is 5.93. The highest BCUT2D eigenvalue weighted by Crippen LogP contribution is 2.31. The fourth-order valence-corrected chi connectivity index (χ4v) is 3.50. The minimum absolute atomic E-state index is 0.459. The van der Waals surface area contributed by atoms with Crippen molar-refractivity contribution in [1.82, 2.24) is 4.90 Å². The standard InChI is InChI=1S/C15H23Cl2NOS/c1-4-11(10-20-3)18(2)9-8-14(19)12-6-5-7-13(16)15(12)17/h5-7,11,14,19H,4,8-10H2,1-3H3. The van der Waals surface area contributed by atoms with Crippen molar-refractivity contribution in [3.05, 3.63) is 33.8 Å². The Morgan fingerprint density at radius 2 is 2.05 bits per heavy atom. The SMILES string of the molecule is CCC(CSC)N(C)CCC(O)c1cccc(Cl)c1Cl. The summed E-state index contributed by atoms with van der Waals surface area (Å²) in [5.41, 5.74) is 0.713. The zero-order chi connectivity index (χ0) is 15.1. The number of benzene rings is 1. The van der Waals surface area contributed by atoms with Gasteiger partial charge in [-0.25, -0.2) is 0 Å². The first-order valence-electron chi connectivity index (χ1n) is 6.82. The Kier molecular flexibility index (Phi) is 8.30. The molecule has 1 N–H and O–H groups in total. The van der Waals surface area contributed by atoms with Gasteiger partial charge < -0.3 is 10.0 Å². The molecule has 2 unspecified atom stereocenters. The molecule has 1 aromatic carbocycles. The average Bonchev–Trinajstić information content (AvgIpc) is 2.44. The van der Waals surface area contributed by atoms with Crippen molar-refractivity contribution in [1.29, 1.82) is 0 Å². The highest BCUT2D eigenvalue weighted by atomic mass is 35.5. The molecule has 0 saturated carbocycles. The predicted molar refractivity (Wildman–Crippen MR) is 91.1 cm³/mol. The fraction of sp³-hybridized carbons (Fsp3) is 0.600. The molecular weight excluding hydrogens is 313 g/mol. The fourth-order valence-electron chi connectivity index (χ4n) is 2.19. The topological polar surface area (TPSA) is 23.5 Å². The van der Waals surface area contributed by atoms with Gasteiger partial charge in [-0.3, -0.25) is 0 Å². The number of aliphatic hydroxyl groups is 1. The first-order chi connectivity index (χ1) is 9.51. The van der Waals surface area contributed by atoms with Crippen molar-refractivity contribution in [3.8, 4) is 0 Å². The summed E-state index contributed by atoms with van der Waals surface area (Å²) in [7, 11) is 2.11. The zero-order valence-corrected chi connectivity index (χ0v) is 14.6. The number of aliphatic hydroxyl groups excluding tert-OH is 1. The Balaban J connectivity index is 2.58. The second-order valence-electron chi connectivity index (χ2n) is 4.95. The second kappa shape index (κ2) is 9.16. The van der Waals surface area contributed by atoms with E-state index in [1.165, 1.54) is 0 Å². The minimum Gasteiger partial charge on any atom is -0.388 e. The maximum absolute atomic E-state index is 10.3. The van der Waals surface area contributed by atoms with E-state index in [9.17, 15) is 5.11 Å². The number of nitrogens with zero attached hydrogens (tertiary/aromatic N) is 1. The third-order valence-corrected chi connectivity index (χ3v) is 5.10. The summed E-state index contributed by atoms with van der Waals surface area (Å²) in [6.07, 6.45) is 3.32. The van der Waals surface area contributed by atoms with Crippen molar-refractivity contribution < 1.29 is 5.11 Å². The molecule has 5 heteroatoms. The molecule has 0 fully saturated rings. The van der Waals surface area contributed by atoms with Crippen LogP contribution in [-0.2, 0) is 0 Å². The molecular formula is C15H23Cl2NOS. The normalized spacial score (nSPS) is 14.6. The summed E-state index contributed by atoms with van der Waals surface area (Å²) >= 11 is 14.0. The largest absolute Gasteiger partial charge is 0.388 e. The van der Waals surface area contributed by atoms with E-state index >= 15 is 0 Å². The molecule has 0 spiro atoms. The first-order valence-corrected chi connectivity index (χ1v) is 8.97. The molecule has 0 aliphatic carbocycles. The summed E-state index contributed by atoms with van der Waals surface area (Å²) in [5.74, 6) is 1.11. The van der Waals surface area contributed by atoms with Crippen LogP contribution in [0.3, 0.4) is 0 Å². The molecule has 0 bridgehead atoms. The van der Waals surface area contributed by atoms with Crippen LogP contribution in [0.25, 0.3) is 0 Å². The van der Waals surface area contributed by atoms with E-state index in [2.05, 4.69) is 25.1 Å². The van der Waals surface area contributed by atoms with Crippen LogP contribution in [0.5, 0.6) is 0 Å². The lowest BCUT2D eigenvalue weighted by Crippen LogP contribution is -2.34. The van der Waals surface area contributed by atoms with E-state index in [1.807, 2.05) is 23.9 Å². The molecule has 20 heavy (non-hydrogen) atoms. The molecule has 0 aromatic heterocycles. The lowest BCUT2D eigenvalue weighted by atomic mass is 10.1. The highest BCUT2D eigenvalue weighted by Gasteiger charge is 2.17. The van der Waals surface area contributed by atoms with Gasteiger partial charge in [0, 0.05) is 23.9 Å². The molecule has 0 amide bonds. The van der Waals surface area contributed by atoms with Gasteiger partial charge in [0.15, 0.2) is 0 Å². The molecule has 0 saturated heterocycles. The van der Waals surface area contributed by atoms with Gasteiger partial charge in [-0.2, -0.15) is 11.8 Å². The molecule has 0 heterocycles. The van der Waals surface area contributed by atoms with Crippen molar-refractivity contribution in [2.45, 2.75) is 31.9 Å². The van der Waals surface area contributed by atoms with E-state index in [-0.39, 0.29) is 0 Å². The van der Waals surface area contributed by atoms with Gasteiger partial charge in [-0.15, -0.1) is 0 Å². The van der Waals surface area contributed by atoms with E-state index in [0.717, 1.165) is 18.7 Å². The number of hydrogen-bond acceptors (Lipinski definition) is 3. The molecule has 0 aliphatic rings. The van der Waals surface area contributed by atoms with Gasteiger partial charge in [0.1, 0.15) is 0 Å². The number of hydrogen-bond donors (Lipinski definition) is 1.